The number of benzene rings is 1. The largest absolute Gasteiger partial charge is 0.409 e. The predicted molar refractivity (Wildman–Crippen MR) is 45.4 cm³/mol. The normalized spacial score (nSPS) is 10.7. The van der Waals surface area contributed by atoms with Gasteiger partial charge in [0, 0.05) is 10.1 Å². The molecule has 0 saturated heterocycles. The van der Waals surface area contributed by atoms with Crippen LogP contribution in [0.25, 0.3) is 0 Å². The van der Waals surface area contributed by atoms with Gasteiger partial charge in [-0.3, -0.25) is 4.94 Å². The standard InChI is InChI=1S/C8H6FN3O2/c9-14-7-2-1-5(8(11)12-13)3-6(7)4-10/h1-3,13H,(H2,11,12). The molecule has 1 rings (SSSR count). The molecule has 0 unspecified atom stereocenters. The van der Waals surface area contributed by atoms with Crippen molar-refractivity contribution in [3.05, 3.63) is 29.3 Å². The average molecular weight is 195 g/mol. The van der Waals surface area contributed by atoms with Crippen molar-refractivity contribution in [3.63, 3.8) is 0 Å². The van der Waals surface area contributed by atoms with Crippen LogP contribution in [0.1, 0.15) is 11.1 Å². The van der Waals surface area contributed by atoms with Gasteiger partial charge in [-0.2, -0.15) is 5.26 Å². The lowest BCUT2D eigenvalue weighted by molar-refractivity contribution is -0.00655. The van der Waals surface area contributed by atoms with E-state index in [1.807, 2.05) is 0 Å². The molecule has 0 heterocycles. The van der Waals surface area contributed by atoms with Crippen LogP contribution in [0, 0.1) is 11.3 Å². The lowest BCUT2D eigenvalue weighted by atomic mass is 10.1. The monoisotopic (exact) mass is 195 g/mol. The van der Waals surface area contributed by atoms with E-state index in [9.17, 15) is 4.53 Å². The molecule has 0 aliphatic carbocycles. The smallest absolute Gasteiger partial charge is 0.189 e. The number of rotatable bonds is 2. The highest BCUT2D eigenvalue weighted by molar-refractivity contribution is 5.97. The van der Waals surface area contributed by atoms with Crippen LogP contribution in [0.3, 0.4) is 0 Å². The van der Waals surface area contributed by atoms with Gasteiger partial charge < -0.3 is 10.9 Å². The predicted octanol–water partition coefficient (Wildman–Crippen LogP) is 0.916. The highest BCUT2D eigenvalue weighted by Gasteiger charge is 2.07. The molecule has 0 radical (unpaired) electrons. The lowest BCUT2D eigenvalue weighted by Crippen LogP contribution is -2.13. The molecule has 0 saturated carbocycles. The van der Waals surface area contributed by atoms with Gasteiger partial charge in [0.05, 0.1) is 5.56 Å². The zero-order valence-corrected chi connectivity index (χ0v) is 6.94. The van der Waals surface area contributed by atoms with Gasteiger partial charge in [-0.05, 0) is 18.2 Å². The van der Waals surface area contributed by atoms with E-state index in [0.29, 0.717) is 5.56 Å². The number of nitrogens with two attached hydrogens (primary N) is 1. The van der Waals surface area contributed by atoms with E-state index in [-0.39, 0.29) is 17.1 Å². The van der Waals surface area contributed by atoms with Gasteiger partial charge in [0.2, 0.25) is 0 Å². The summed E-state index contributed by atoms with van der Waals surface area (Å²) in [6.07, 6.45) is 0. The maximum absolute atomic E-state index is 11.8. The van der Waals surface area contributed by atoms with E-state index < -0.39 is 0 Å². The van der Waals surface area contributed by atoms with Gasteiger partial charge in [-0.15, -0.1) is 0 Å². The van der Waals surface area contributed by atoms with Crippen molar-refractivity contribution >= 4 is 5.84 Å². The summed E-state index contributed by atoms with van der Waals surface area (Å²) < 4.78 is 11.8. The first-order valence-electron chi connectivity index (χ1n) is 3.53. The topological polar surface area (TPSA) is 91.6 Å². The second kappa shape index (κ2) is 4.09. The van der Waals surface area contributed by atoms with Gasteiger partial charge in [0.25, 0.3) is 0 Å². The lowest BCUT2D eigenvalue weighted by Gasteiger charge is -2.01. The first-order chi connectivity index (χ1) is 6.72. The summed E-state index contributed by atoms with van der Waals surface area (Å²) in [5.41, 5.74) is 5.54. The fourth-order valence-electron chi connectivity index (χ4n) is 0.902. The Morgan fingerprint density at radius 1 is 1.64 bits per heavy atom. The Labute approximate surface area is 78.7 Å². The number of nitrogens with zero attached hydrogens (tertiary/aromatic N) is 2. The van der Waals surface area contributed by atoms with E-state index in [1.165, 1.54) is 18.2 Å². The van der Waals surface area contributed by atoms with E-state index >= 15 is 0 Å². The van der Waals surface area contributed by atoms with Crippen LogP contribution in [0.15, 0.2) is 23.4 Å². The Morgan fingerprint density at radius 3 is 2.86 bits per heavy atom. The molecule has 72 valence electrons. The zero-order chi connectivity index (χ0) is 10.6. The Balaban J connectivity index is 3.22. The van der Waals surface area contributed by atoms with Crippen molar-refractivity contribution in [1.82, 2.24) is 0 Å². The molecule has 0 aliphatic heterocycles. The fraction of sp³-hybridized carbons (Fsp3) is 0. The van der Waals surface area contributed by atoms with Gasteiger partial charge >= 0.3 is 0 Å². The van der Waals surface area contributed by atoms with Crippen molar-refractivity contribution in [2.45, 2.75) is 0 Å². The molecule has 0 aliphatic rings. The number of halogens is 1. The van der Waals surface area contributed by atoms with Crippen molar-refractivity contribution < 1.29 is 14.7 Å². The van der Waals surface area contributed by atoms with E-state index in [4.69, 9.17) is 16.2 Å². The van der Waals surface area contributed by atoms with Crippen LogP contribution in [-0.4, -0.2) is 11.0 Å². The van der Waals surface area contributed by atoms with E-state index in [1.54, 1.807) is 6.07 Å². The van der Waals surface area contributed by atoms with Crippen LogP contribution in [0.4, 0.5) is 4.53 Å². The molecule has 14 heavy (non-hydrogen) atoms. The summed E-state index contributed by atoms with van der Waals surface area (Å²) in [6, 6.07) is 5.54. The SMILES string of the molecule is N#Cc1cc(/C(N)=N/O)ccc1OF. The van der Waals surface area contributed by atoms with Crippen LogP contribution in [0.2, 0.25) is 0 Å². The third-order valence-corrected chi connectivity index (χ3v) is 1.59. The Hall–Kier alpha value is -2.29. The molecule has 3 N–H and O–H groups in total. The van der Waals surface area contributed by atoms with Crippen LogP contribution >= 0.6 is 0 Å². The minimum atomic E-state index is -0.206. The highest BCUT2D eigenvalue weighted by Crippen LogP contribution is 2.19. The van der Waals surface area contributed by atoms with Crippen LogP contribution in [0.5, 0.6) is 5.75 Å². The molecular formula is C8H6FN3O2. The zero-order valence-electron chi connectivity index (χ0n) is 6.94. The quantitative estimate of drug-likeness (QED) is 0.317. The fourth-order valence-corrected chi connectivity index (χ4v) is 0.902. The maximum atomic E-state index is 11.8. The average Bonchev–Trinajstić information content (AvgIpc) is 2.26. The van der Waals surface area contributed by atoms with Crippen LogP contribution < -0.4 is 10.7 Å². The third kappa shape index (κ3) is 1.72. The molecule has 0 amide bonds. The Kier molecular flexibility index (Phi) is 2.86. The molecule has 1 aromatic carbocycles. The Bertz CT molecular complexity index is 412. The van der Waals surface area contributed by atoms with Gasteiger partial charge in [0.1, 0.15) is 6.07 Å². The molecule has 1 aromatic rings. The van der Waals surface area contributed by atoms with Crippen molar-refractivity contribution in [2.24, 2.45) is 10.9 Å². The second-order valence-electron chi connectivity index (χ2n) is 2.39. The molecular weight excluding hydrogens is 189 g/mol. The van der Waals surface area contributed by atoms with E-state index in [2.05, 4.69) is 10.1 Å². The second-order valence-corrected chi connectivity index (χ2v) is 2.39. The van der Waals surface area contributed by atoms with Gasteiger partial charge in [0.15, 0.2) is 11.6 Å². The number of hydrogen-bond acceptors (Lipinski definition) is 4. The summed E-state index contributed by atoms with van der Waals surface area (Å²) >= 11 is 0. The minimum absolute atomic E-state index is 0.0309. The van der Waals surface area contributed by atoms with Crippen molar-refractivity contribution in [1.29, 1.82) is 5.26 Å². The molecule has 5 nitrogen and oxygen atoms in total. The van der Waals surface area contributed by atoms with Crippen molar-refractivity contribution in [2.75, 3.05) is 0 Å². The molecule has 0 fully saturated rings. The summed E-state index contributed by atoms with van der Waals surface area (Å²) in [4.78, 5) is 3.44. The molecule has 0 bridgehead atoms. The van der Waals surface area contributed by atoms with Gasteiger partial charge in [-0.25, -0.2) is 0 Å². The molecule has 0 atom stereocenters. The van der Waals surface area contributed by atoms with E-state index in [0.717, 1.165) is 0 Å². The number of nitriles is 1. The summed E-state index contributed by atoms with van der Waals surface area (Å²) in [6.45, 7) is 0. The summed E-state index contributed by atoms with van der Waals surface area (Å²) in [5.74, 6) is -0.367. The molecule has 6 heteroatoms. The van der Waals surface area contributed by atoms with Crippen LogP contribution in [-0.2, 0) is 0 Å². The highest BCUT2D eigenvalue weighted by atomic mass is 19.3. The first-order valence-corrected chi connectivity index (χ1v) is 3.53. The maximum Gasteiger partial charge on any atom is 0.189 e. The third-order valence-electron chi connectivity index (χ3n) is 1.59. The first kappa shape index (κ1) is 9.80. The minimum Gasteiger partial charge on any atom is -0.409 e. The summed E-state index contributed by atoms with van der Waals surface area (Å²) in [5, 5.41) is 19.7. The number of hydrogen-bond donors (Lipinski definition) is 2. The van der Waals surface area contributed by atoms with Gasteiger partial charge in [-0.1, -0.05) is 5.16 Å². The van der Waals surface area contributed by atoms with Crippen molar-refractivity contribution in [3.8, 4) is 11.8 Å². The molecule has 0 spiro atoms. The number of amidine groups is 1. The molecule has 0 aromatic heterocycles. The summed E-state index contributed by atoms with van der Waals surface area (Å²) in [7, 11) is 0. The Morgan fingerprint density at radius 2 is 2.36 bits per heavy atom. The number of oxime groups is 1.